The second-order valence-corrected chi connectivity index (χ2v) is 7.42. The SMILES string of the molecule is Cc1c(-n2nccn2)sc2c1c(=O)n(N)c(=O)n2CC(=O)c1cccc(Cl)c1. The quantitative estimate of drug-likeness (QED) is 0.396. The molecule has 0 fully saturated rings. The fourth-order valence-corrected chi connectivity index (χ4v) is 4.30. The van der Waals surface area contributed by atoms with Crippen LogP contribution in [0.1, 0.15) is 15.9 Å². The molecule has 9 nitrogen and oxygen atoms in total. The van der Waals surface area contributed by atoms with Gasteiger partial charge in [0.1, 0.15) is 9.83 Å². The maximum atomic E-state index is 12.7. The van der Waals surface area contributed by atoms with Crippen molar-refractivity contribution >= 4 is 38.9 Å². The minimum absolute atomic E-state index is 0.248. The molecule has 0 spiro atoms. The first-order valence-corrected chi connectivity index (χ1v) is 9.27. The first-order valence-electron chi connectivity index (χ1n) is 8.08. The lowest BCUT2D eigenvalue weighted by Gasteiger charge is -2.09. The molecule has 1 aromatic carbocycles. The normalized spacial score (nSPS) is 11.2. The van der Waals surface area contributed by atoms with Crippen LogP contribution >= 0.6 is 22.9 Å². The predicted octanol–water partition coefficient (Wildman–Crippen LogP) is 1.36. The van der Waals surface area contributed by atoms with Crippen LogP contribution in [0.4, 0.5) is 0 Å². The highest BCUT2D eigenvalue weighted by Crippen LogP contribution is 2.30. The zero-order valence-electron chi connectivity index (χ0n) is 14.5. The molecule has 4 aromatic rings. The molecule has 0 aliphatic carbocycles. The van der Waals surface area contributed by atoms with Crippen LogP contribution < -0.4 is 17.1 Å². The lowest BCUT2D eigenvalue weighted by Crippen LogP contribution is -2.45. The lowest BCUT2D eigenvalue weighted by atomic mass is 10.1. The van der Waals surface area contributed by atoms with Crippen molar-refractivity contribution < 1.29 is 4.79 Å². The van der Waals surface area contributed by atoms with E-state index < -0.39 is 11.2 Å². The number of nitrogens with zero attached hydrogens (tertiary/aromatic N) is 5. The number of halogens is 1. The van der Waals surface area contributed by atoms with Gasteiger partial charge in [-0.3, -0.25) is 14.2 Å². The molecule has 4 rings (SSSR count). The molecular formula is C17H13ClN6O3S. The first-order chi connectivity index (χ1) is 13.4. The third kappa shape index (κ3) is 2.83. The number of Topliss-reactive ketones (excluding diaryl/α,β-unsaturated/α-hetero) is 1. The summed E-state index contributed by atoms with van der Waals surface area (Å²) in [6.45, 7) is 1.42. The second kappa shape index (κ2) is 6.73. The van der Waals surface area contributed by atoms with E-state index in [4.69, 9.17) is 17.4 Å². The van der Waals surface area contributed by atoms with Crippen molar-refractivity contribution in [2.75, 3.05) is 5.84 Å². The number of ketones is 1. The van der Waals surface area contributed by atoms with Gasteiger partial charge in [0.2, 0.25) is 0 Å². The van der Waals surface area contributed by atoms with E-state index in [1.807, 2.05) is 0 Å². The van der Waals surface area contributed by atoms with Crippen molar-refractivity contribution in [3.05, 3.63) is 73.6 Å². The number of fused-ring (bicyclic) bond motifs is 1. The Kier molecular flexibility index (Phi) is 4.36. The summed E-state index contributed by atoms with van der Waals surface area (Å²) in [5.74, 6) is 5.35. The number of hydrogen-bond donors (Lipinski definition) is 1. The van der Waals surface area contributed by atoms with E-state index in [1.165, 1.54) is 27.8 Å². The maximum absolute atomic E-state index is 12.7. The number of carbonyl (C=O) groups excluding carboxylic acids is 1. The van der Waals surface area contributed by atoms with Crippen LogP contribution in [-0.4, -0.2) is 30.0 Å². The summed E-state index contributed by atoms with van der Waals surface area (Å²) >= 11 is 7.08. The van der Waals surface area contributed by atoms with Crippen LogP contribution in [0.15, 0.2) is 46.2 Å². The number of nitrogen functional groups attached to an aromatic ring is 1. The number of carbonyl (C=O) groups is 1. The van der Waals surface area contributed by atoms with Crippen molar-refractivity contribution in [3.8, 4) is 5.00 Å². The van der Waals surface area contributed by atoms with E-state index in [9.17, 15) is 14.4 Å². The van der Waals surface area contributed by atoms with Gasteiger partial charge in [-0.05, 0) is 19.1 Å². The van der Waals surface area contributed by atoms with Crippen LogP contribution in [0.2, 0.25) is 5.02 Å². The van der Waals surface area contributed by atoms with Gasteiger partial charge in [-0.15, -0.1) is 4.80 Å². The molecule has 11 heteroatoms. The van der Waals surface area contributed by atoms with Crippen molar-refractivity contribution in [2.45, 2.75) is 13.5 Å². The molecule has 0 saturated heterocycles. The highest BCUT2D eigenvalue weighted by Gasteiger charge is 2.22. The Morgan fingerprint density at radius 2 is 1.96 bits per heavy atom. The van der Waals surface area contributed by atoms with Crippen molar-refractivity contribution in [2.24, 2.45) is 0 Å². The minimum Gasteiger partial charge on any atom is -0.332 e. The van der Waals surface area contributed by atoms with Crippen LogP contribution in [-0.2, 0) is 6.54 Å². The Bertz CT molecular complexity index is 1340. The molecule has 0 amide bonds. The molecule has 0 radical (unpaired) electrons. The highest BCUT2D eigenvalue weighted by molar-refractivity contribution is 7.21. The maximum Gasteiger partial charge on any atom is 0.351 e. The van der Waals surface area contributed by atoms with Crippen LogP contribution in [0.25, 0.3) is 15.2 Å². The van der Waals surface area contributed by atoms with Crippen LogP contribution in [0.5, 0.6) is 0 Å². The zero-order valence-corrected chi connectivity index (χ0v) is 16.1. The molecule has 0 aliphatic rings. The molecule has 0 atom stereocenters. The van der Waals surface area contributed by atoms with Crippen LogP contribution in [0, 0.1) is 6.92 Å². The number of nitrogens with two attached hydrogens (primary N) is 1. The molecule has 0 aliphatic heterocycles. The third-order valence-corrected chi connectivity index (χ3v) is 5.78. The molecular weight excluding hydrogens is 404 g/mol. The summed E-state index contributed by atoms with van der Waals surface area (Å²) in [4.78, 5) is 39.6. The predicted molar refractivity (Wildman–Crippen MR) is 106 cm³/mol. The second-order valence-electron chi connectivity index (χ2n) is 6.01. The summed E-state index contributed by atoms with van der Waals surface area (Å²) in [5.41, 5.74) is -0.498. The van der Waals surface area contributed by atoms with E-state index in [2.05, 4.69) is 10.2 Å². The van der Waals surface area contributed by atoms with Gasteiger partial charge in [-0.25, -0.2) is 4.79 Å². The Labute approximate surface area is 166 Å². The zero-order chi connectivity index (χ0) is 20.0. The minimum atomic E-state index is -0.783. The van der Waals surface area contributed by atoms with Gasteiger partial charge in [0, 0.05) is 16.1 Å². The number of rotatable bonds is 4. The van der Waals surface area contributed by atoms with E-state index in [0.717, 1.165) is 11.3 Å². The van der Waals surface area contributed by atoms with E-state index in [0.29, 0.717) is 30.7 Å². The lowest BCUT2D eigenvalue weighted by molar-refractivity contribution is 0.0971. The molecule has 3 aromatic heterocycles. The smallest absolute Gasteiger partial charge is 0.332 e. The van der Waals surface area contributed by atoms with E-state index in [1.54, 1.807) is 25.1 Å². The van der Waals surface area contributed by atoms with Crippen LogP contribution in [0.3, 0.4) is 0 Å². The fraction of sp³-hybridized carbons (Fsp3) is 0.118. The van der Waals surface area contributed by atoms with Gasteiger partial charge < -0.3 is 5.84 Å². The van der Waals surface area contributed by atoms with Gasteiger partial charge in [0.05, 0.1) is 24.3 Å². The average Bonchev–Trinajstić information content (AvgIpc) is 3.31. The molecule has 2 N–H and O–H groups in total. The number of hydrogen-bond acceptors (Lipinski definition) is 7. The Balaban J connectivity index is 1.93. The van der Waals surface area contributed by atoms with Crippen molar-refractivity contribution in [3.63, 3.8) is 0 Å². The molecule has 3 heterocycles. The van der Waals surface area contributed by atoms with Gasteiger partial charge in [-0.2, -0.15) is 14.9 Å². The number of aromatic nitrogens is 5. The molecule has 0 unspecified atom stereocenters. The molecule has 142 valence electrons. The Morgan fingerprint density at radius 3 is 2.64 bits per heavy atom. The summed E-state index contributed by atoms with van der Waals surface area (Å²) in [6, 6.07) is 6.42. The van der Waals surface area contributed by atoms with Gasteiger partial charge in [0.15, 0.2) is 5.78 Å². The monoisotopic (exact) mass is 416 g/mol. The fourth-order valence-electron chi connectivity index (χ4n) is 2.90. The topological polar surface area (TPSA) is 118 Å². The molecule has 0 bridgehead atoms. The summed E-state index contributed by atoms with van der Waals surface area (Å²) in [7, 11) is 0. The summed E-state index contributed by atoms with van der Waals surface area (Å²) in [5, 5.41) is 9.36. The highest BCUT2D eigenvalue weighted by atomic mass is 35.5. The largest absolute Gasteiger partial charge is 0.351 e. The first kappa shape index (κ1) is 18.1. The van der Waals surface area contributed by atoms with E-state index in [-0.39, 0.29) is 17.7 Å². The van der Waals surface area contributed by atoms with Gasteiger partial charge in [0.25, 0.3) is 5.56 Å². The Morgan fingerprint density at radius 1 is 1.25 bits per heavy atom. The number of thiophene rings is 1. The van der Waals surface area contributed by atoms with Crippen molar-refractivity contribution in [1.29, 1.82) is 0 Å². The van der Waals surface area contributed by atoms with Crippen molar-refractivity contribution in [1.82, 2.24) is 24.2 Å². The van der Waals surface area contributed by atoms with Gasteiger partial charge >= 0.3 is 5.69 Å². The summed E-state index contributed by atoms with van der Waals surface area (Å²) < 4.78 is 1.69. The Hall–Kier alpha value is -3.24. The average molecular weight is 417 g/mol. The van der Waals surface area contributed by atoms with Gasteiger partial charge in [-0.1, -0.05) is 35.1 Å². The third-order valence-electron chi connectivity index (χ3n) is 4.27. The summed E-state index contributed by atoms with van der Waals surface area (Å²) in [6.07, 6.45) is 3.00. The molecule has 28 heavy (non-hydrogen) atoms. The number of benzene rings is 1. The standard InChI is InChI=1S/C17H13ClN6O3S/c1-9-13-14(26)23(19)17(27)22(8-12(25)10-3-2-4-11(18)7-10)16(13)28-15(9)24-20-5-6-21-24/h2-7H,8,19H2,1H3. The molecule has 0 saturated carbocycles. The number of aryl methyl sites for hydroxylation is 1. The van der Waals surface area contributed by atoms with E-state index >= 15 is 0 Å².